The topological polar surface area (TPSA) is 3.24 Å². The molecule has 1 aromatic carbocycles. The van der Waals surface area contributed by atoms with E-state index < -0.39 is 0 Å². The van der Waals surface area contributed by atoms with Crippen molar-refractivity contribution in [2.75, 3.05) is 13.1 Å². The van der Waals surface area contributed by atoms with Crippen LogP contribution >= 0.6 is 39.1 Å². The first-order valence-corrected chi connectivity index (χ1v) is 7.12. The summed E-state index contributed by atoms with van der Waals surface area (Å²) >= 11 is 15.5. The van der Waals surface area contributed by atoms with E-state index in [1.54, 1.807) is 0 Å². The molecule has 1 nitrogen and oxygen atoms in total. The lowest BCUT2D eigenvalue weighted by Gasteiger charge is -2.29. The van der Waals surface area contributed by atoms with E-state index in [0.29, 0.717) is 14.9 Å². The molecule has 1 aromatic rings. The van der Waals surface area contributed by atoms with Crippen LogP contribution in [0.25, 0.3) is 0 Å². The number of hydrogen-bond acceptors (Lipinski definition) is 1. The smallest absolute Gasteiger partial charge is 0.0595 e. The van der Waals surface area contributed by atoms with Crippen molar-refractivity contribution in [3.8, 4) is 0 Å². The Kier molecular flexibility index (Phi) is 4.54. The summed E-state index contributed by atoms with van der Waals surface area (Å²) in [6.07, 6.45) is 2.45. The van der Waals surface area contributed by atoms with E-state index in [0.717, 1.165) is 19.6 Å². The highest BCUT2D eigenvalue weighted by molar-refractivity contribution is 9.09. The van der Waals surface area contributed by atoms with E-state index in [9.17, 15) is 0 Å². The van der Waals surface area contributed by atoms with E-state index in [-0.39, 0.29) is 0 Å². The Morgan fingerprint density at radius 1 is 1.19 bits per heavy atom. The summed E-state index contributed by atoms with van der Waals surface area (Å²) in [7, 11) is 0. The molecule has 0 aromatic heterocycles. The van der Waals surface area contributed by atoms with Crippen molar-refractivity contribution in [3.05, 3.63) is 33.8 Å². The van der Waals surface area contributed by atoms with Crippen LogP contribution < -0.4 is 0 Å². The summed E-state index contributed by atoms with van der Waals surface area (Å²) in [5.74, 6) is 0. The molecule has 0 bridgehead atoms. The number of halogens is 3. The van der Waals surface area contributed by atoms with Crippen molar-refractivity contribution in [1.82, 2.24) is 4.90 Å². The molecular weight excluding hydrogens is 309 g/mol. The fourth-order valence-corrected chi connectivity index (χ4v) is 2.69. The molecule has 4 heteroatoms. The minimum absolute atomic E-state index is 0.629. The van der Waals surface area contributed by atoms with Gasteiger partial charge in [0.25, 0.3) is 0 Å². The third kappa shape index (κ3) is 3.36. The Bertz CT molecular complexity index is 362. The Morgan fingerprint density at radius 3 is 2.50 bits per heavy atom. The summed E-state index contributed by atoms with van der Waals surface area (Å²) in [5, 5.41) is 1.28. The Labute approximate surface area is 115 Å². The van der Waals surface area contributed by atoms with Gasteiger partial charge < -0.3 is 0 Å². The van der Waals surface area contributed by atoms with Crippen LogP contribution in [0.3, 0.4) is 0 Å². The van der Waals surface area contributed by atoms with Crippen molar-refractivity contribution in [1.29, 1.82) is 0 Å². The zero-order valence-corrected chi connectivity index (χ0v) is 12.0. The van der Waals surface area contributed by atoms with Gasteiger partial charge in [-0.05, 0) is 43.6 Å². The molecular formula is C12H14BrCl2N. The molecule has 0 saturated carbocycles. The van der Waals surface area contributed by atoms with E-state index in [4.69, 9.17) is 23.2 Å². The van der Waals surface area contributed by atoms with Crippen molar-refractivity contribution < 1.29 is 0 Å². The van der Waals surface area contributed by atoms with Gasteiger partial charge in [0.15, 0.2) is 0 Å². The maximum atomic E-state index is 6.00. The molecule has 0 atom stereocenters. The molecule has 0 aliphatic carbocycles. The molecule has 16 heavy (non-hydrogen) atoms. The van der Waals surface area contributed by atoms with E-state index in [2.05, 4.69) is 26.9 Å². The van der Waals surface area contributed by atoms with Gasteiger partial charge in [0.2, 0.25) is 0 Å². The highest BCUT2D eigenvalue weighted by Gasteiger charge is 2.16. The predicted octanol–water partition coefficient (Wildman–Crippen LogP) is 4.35. The minimum atomic E-state index is 0.629. The summed E-state index contributed by atoms with van der Waals surface area (Å²) < 4.78 is 0. The van der Waals surface area contributed by atoms with Crippen molar-refractivity contribution in [2.24, 2.45) is 0 Å². The number of alkyl halides is 1. The molecule has 2 rings (SSSR count). The Hall–Kier alpha value is 0.240. The number of benzene rings is 1. The number of hydrogen-bond donors (Lipinski definition) is 0. The fraction of sp³-hybridized carbons (Fsp3) is 0.500. The average Bonchev–Trinajstić information content (AvgIpc) is 2.27. The van der Waals surface area contributed by atoms with Gasteiger partial charge in [0, 0.05) is 11.4 Å². The van der Waals surface area contributed by atoms with Crippen molar-refractivity contribution in [2.45, 2.75) is 24.2 Å². The first-order chi connectivity index (χ1) is 7.65. The van der Waals surface area contributed by atoms with Crippen LogP contribution in [0.1, 0.15) is 18.4 Å². The molecule has 1 aliphatic rings. The third-order valence-corrected chi connectivity index (χ3v) is 4.56. The van der Waals surface area contributed by atoms with Gasteiger partial charge >= 0.3 is 0 Å². The standard InChI is InChI=1S/C12H14BrCl2N/c13-10-3-5-16(6-4-10)8-9-1-2-11(14)12(15)7-9/h1-2,7,10H,3-6,8H2. The van der Waals surface area contributed by atoms with Crippen LogP contribution in [0.15, 0.2) is 18.2 Å². The van der Waals surface area contributed by atoms with Crippen molar-refractivity contribution >= 4 is 39.1 Å². The first-order valence-electron chi connectivity index (χ1n) is 5.45. The van der Waals surface area contributed by atoms with Crippen LogP contribution in [0.4, 0.5) is 0 Å². The Morgan fingerprint density at radius 2 is 1.88 bits per heavy atom. The normalized spacial score (nSPS) is 18.9. The maximum absolute atomic E-state index is 6.00. The fourth-order valence-electron chi connectivity index (χ4n) is 1.96. The summed E-state index contributed by atoms with van der Waals surface area (Å²) in [5.41, 5.74) is 1.24. The van der Waals surface area contributed by atoms with Gasteiger partial charge in [-0.3, -0.25) is 4.90 Å². The van der Waals surface area contributed by atoms with E-state index in [1.165, 1.54) is 18.4 Å². The van der Waals surface area contributed by atoms with Gasteiger partial charge in [0.05, 0.1) is 10.0 Å². The zero-order chi connectivity index (χ0) is 11.5. The predicted molar refractivity (Wildman–Crippen MR) is 73.7 cm³/mol. The van der Waals surface area contributed by atoms with E-state index in [1.807, 2.05) is 12.1 Å². The van der Waals surface area contributed by atoms with Gasteiger partial charge in [0.1, 0.15) is 0 Å². The summed E-state index contributed by atoms with van der Waals surface area (Å²) in [4.78, 5) is 3.15. The Balaban J connectivity index is 1.96. The lowest BCUT2D eigenvalue weighted by Crippen LogP contribution is -2.33. The largest absolute Gasteiger partial charge is 0.299 e. The van der Waals surface area contributed by atoms with Gasteiger partial charge in [-0.2, -0.15) is 0 Å². The second-order valence-electron chi connectivity index (χ2n) is 4.20. The SMILES string of the molecule is Clc1ccc(CN2CCC(Br)CC2)cc1Cl. The molecule has 88 valence electrons. The second kappa shape index (κ2) is 5.72. The van der Waals surface area contributed by atoms with Crippen LogP contribution in [-0.2, 0) is 6.54 Å². The van der Waals surface area contributed by atoms with Gasteiger partial charge in [-0.15, -0.1) is 0 Å². The molecule has 1 saturated heterocycles. The minimum Gasteiger partial charge on any atom is -0.299 e. The van der Waals surface area contributed by atoms with Gasteiger partial charge in [-0.25, -0.2) is 0 Å². The lowest BCUT2D eigenvalue weighted by atomic mass is 10.1. The van der Waals surface area contributed by atoms with Crippen LogP contribution in [-0.4, -0.2) is 22.8 Å². The average molecular weight is 323 g/mol. The molecule has 1 aliphatic heterocycles. The molecule has 0 spiro atoms. The van der Waals surface area contributed by atoms with Crippen LogP contribution in [0, 0.1) is 0 Å². The highest BCUT2D eigenvalue weighted by atomic mass is 79.9. The first kappa shape index (κ1) is 12.7. The van der Waals surface area contributed by atoms with Crippen LogP contribution in [0.2, 0.25) is 10.0 Å². The van der Waals surface area contributed by atoms with Crippen LogP contribution in [0.5, 0.6) is 0 Å². The number of nitrogens with zero attached hydrogens (tertiary/aromatic N) is 1. The quantitative estimate of drug-likeness (QED) is 0.731. The summed E-state index contributed by atoms with van der Waals surface area (Å²) in [6.45, 7) is 3.27. The van der Waals surface area contributed by atoms with Gasteiger partial charge in [-0.1, -0.05) is 45.2 Å². The molecule has 0 N–H and O–H groups in total. The maximum Gasteiger partial charge on any atom is 0.0595 e. The number of rotatable bonds is 2. The number of piperidine rings is 1. The summed E-state index contributed by atoms with van der Waals surface area (Å²) in [6, 6.07) is 5.88. The molecule has 0 unspecified atom stereocenters. The van der Waals surface area contributed by atoms with E-state index >= 15 is 0 Å². The molecule has 1 fully saturated rings. The number of likely N-dealkylation sites (tertiary alicyclic amines) is 1. The zero-order valence-electron chi connectivity index (χ0n) is 8.93. The molecule has 1 heterocycles. The monoisotopic (exact) mass is 321 g/mol. The lowest BCUT2D eigenvalue weighted by molar-refractivity contribution is 0.226. The third-order valence-electron chi connectivity index (χ3n) is 2.91. The second-order valence-corrected chi connectivity index (χ2v) is 6.31. The highest BCUT2D eigenvalue weighted by Crippen LogP contribution is 2.24. The molecule has 0 amide bonds. The molecule has 0 radical (unpaired) electrons. The van der Waals surface area contributed by atoms with Crippen molar-refractivity contribution in [3.63, 3.8) is 0 Å².